The second kappa shape index (κ2) is 20.5. The molecule has 0 aliphatic heterocycles. The fraction of sp³-hybridized carbons (Fsp3) is 0.485. The lowest BCUT2D eigenvalue weighted by Crippen LogP contribution is -2.55. The lowest BCUT2D eigenvalue weighted by Gasteiger charge is -2.24. The van der Waals surface area contributed by atoms with E-state index < -0.39 is 54.5 Å². The molecule has 2 aromatic carbocycles. The molecule has 12 heteroatoms. The van der Waals surface area contributed by atoms with Crippen molar-refractivity contribution in [1.29, 1.82) is 0 Å². The number of nitrogens with one attached hydrogen (secondary N) is 4. The number of nitrogens with two attached hydrogens (primary N) is 1. The number of rotatable bonds is 19. The molecule has 2 rings (SSSR count). The topological polar surface area (TPSA) is 178 Å². The van der Waals surface area contributed by atoms with Crippen molar-refractivity contribution in [1.82, 2.24) is 21.3 Å². The van der Waals surface area contributed by atoms with Gasteiger partial charge in [-0.2, -0.15) is 0 Å². The van der Waals surface area contributed by atoms with Crippen molar-refractivity contribution in [2.75, 3.05) is 19.7 Å². The molecule has 0 heterocycles. The largest absolute Gasteiger partial charge is 0.464 e. The van der Waals surface area contributed by atoms with Gasteiger partial charge in [0.25, 0.3) is 0 Å². The van der Waals surface area contributed by atoms with Gasteiger partial charge in [-0.15, -0.1) is 0 Å². The monoisotopic (exact) mass is 625 g/mol. The Hall–Kier alpha value is -4.45. The minimum Gasteiger partial charge on any atom is -0.464 e. The SMILES string of the molecule is CCOC(=O)[C@H](CC(C)C)NC(=O)[C@H](Cc1ccccc1)NC(=O)CNC(=O)[C@H](CCCCN)NC(=O)OCc1ccccc1. The third-order valence-corrected chi connectivity index (χ3v) is 6.72. The Morgan fingerprint density at radius 3 is 2.00 bits per heavy atom. The van der Waals surface area contributed by atoms with Gasteiger partial charge >= 0.3 is 12.1 Å². The quantitative estimate of drug-likeness (QED) is 0.117. The van der Waals surface area contributed by atoms with Crippen LogP contribution in [0.1, 0.15) is 57.6 Å². The predicted molar refractivity (Wildman–Crippen MR) is 170 cm³/mol. The van der Waals surface area contributed by atoms with Gasteiger partial charge in [0.15, 0.2) is 0 Å². The average Bonchev–Trinajstić information content (AvgIpc) is 3.02. The van der Waals surface area contributed by atoms with Gasteiger partial charge in [-0.25, -0.2) is 9.59 Å². The number of ether oxygens (including phenoxy) is 2. The van der Waals surface area contributed by atoms with Crippen LogP contribution in [0, 0.1) is 5.92 Å². The average molecular weight is 626 g/mol. The molecule has 0 saturated carbocycles. The first kappa shape index (κ1) is 36.7. The molecule has 3 atom stereocenters. The summed E-state index contributed by atoms with van der Waals surface area (Å²) in [5, 5.41) is 10.5. The van der Waals surface area contributed by atoms with Crippen molar-refractivity contribution in [2.45, 2.75) is 77.6 Å². The van der Waals surface area contributed by atoms with Gasteiger partial charge in [0, 0.05) is 6.42 Å². The van der Waals surface area contributed by atoms with Crippen molar-refractivity contribution < 1.29 is 33.4 Å². The minimum absolute atomic E-state index is 0.0330. The lowest BCUT2D eigenvalue weighted by atomic mass is 10.0. The van der Waals surface area contributed by atoms with Gasteiger partial charge in [-0.3, -0.25) is 14.4 Å². The first-order valence-corrected chi connectivity index (χ1v) is 15.4. The van der Waals surface area contributed by atoms with Gasteiger partial charge in [-0.05, 0) is 56.2 Å². The summed E-state index contributed by atoms with van der Waals surface area (Å²) in [6.07, 6.45) is 1.24. The molecular formula is C33H47N5O7. The lowest BCUT2D eigenvalue weighted by molar-refractivity contribution is -0.148. The molecule has 0 unspecified atom stereocenters. The fourth-order valence-electron chi connectivity index (χ4n) is 4.46. The molecule has 2 aromatic rings. The number of hydrogen-bond donors (Lipinski definition) is 5. The van der Waals surface area contributed by atoms with Crippen LogP contribution in [-0.2, 0) is 41.7 Å². The van der Waals surface area contributed by atoms with E-state index in [0.717, 1.165) is 11.1 Å². The van der Waals surface area contributed by atoms with E-state index >= 15 is 0 Å². The molecule has 4 amide bonds. The normalized spacial score (nSPS) is 12.7. The van der Waals surface area contributed by atoms with Gasteiger partial charge in [0.1, 0.15) is 24.7 Å². The van der Waals surface area contributed by atoms with Gasteiger partial charge < -0.3 is 36.5 Å². The molecule has 0 aliphatic carbocycles. The fourth-order valence-corrected chi connectivity index (χ4v) is 4.46. The molecular weight excluding hydrogens is 578 g/mol. The van der Waals surface area contributed by atoms with Crippen LogP contribution in [0.3, 0.4) is 0 Å². The van der Waals surface area contributed by atoms with Crippen LogP contribution >= 0.6 is 0 Å². The third kappa shape index (κ3) is 14.7. The summed E-state index contributed by atoms with van der Waals surface area (Å²) < 4.78 is 10.4. The van der Waals surface area contributed by atoms with E-state index in [4.69, 9.17) is 15.2 Å². The number of alkyl carbamates (subject to hydrolysis) is 1. The summed E-state index contributed by atoms with van der Waals surface area (Å²) in [4.78, 5) is 64.4. The highest BCUT2D eigenvalue weighted by molar-refractivity contribution is 5.93. The Morgan fingerprint density at radius 2 is 1.40 bits per heavy atom. The molecule has 12 nitrogen and oxygen atoms in total. The molecule has 0 spiro atoms. The maximum absolute atomic E-state index is 13.4. The van der Waals surface area contributed by atoms with Crippen LogP contribution in [0.5, 0.6) is 0 Å². The van der Waals surface area contributed by atoms with E-state index in [1.165, 1.54) is 0 Å². The summed E-state index contributed by atoms with van der Waals surface area (Å²) in [6, 6.07) is 15.3. The molecule has 0 bridgehead atoms. The molecule has 0 saturated heterocycles. The van der Waals surface area contributed by atoms with Gasteiger partial charge in [-0.1, -0.05) is 74.5 Å². The Bertz CT molecular complexity index is 1210. The second-order valence-corrected chi connectivity index (χ2v) is 11.0. The number of esters is 1. The Labute approximate surface area is 265 Å². The zero-order valence-electron chi connectivity index (χ0n) is 26.4. The second-order valence-electron chi connectivity index (χ2n) is 11.0. The van der Waals surface area contributed by atoms with Gasteiger partial charge in [0.05, 0.1) is 13.2 Å². The highest BCUT2D eigenvalue weighted by Crippen LogP contribution is 2.09. The van der Waals surface area contributed by atoms with Crippen LogP contribution in [-0.4, -0.2) is 67.6 Å². The first-order valence-electron chi connectivity index (χ1n) is 15.4. The van der Waals surface area contributed by atoms with Crippen LogP contribution < -0.4 is 27.0 Å². The smallest absolute Gasteiger partial charge is 0.408 e. The highest BCUT2D eigenvalue weighted by Gasteiger charge is 2.29. The van der Waals surface area contributed by atoms with E-state index in [-0.39, 0.29) is 32.0 Å². The van der Waals surface area contributed by atoms with Crippen LogP contribution in [0.25, 0.3) is 0 Å². The zero-order valence-corrected chi connectivity index (χ0v) is 26.4. The maximum atomic E-state index is 13.4. The van der Waals surface area contributed by atoms with Crippen molar-refractivity contribution in [3.05, 3.63) is 71.8 Å². The Kier molecular flexibility index (Phi) is 16.7. The molecule has 0 radical (unpaired) electrons. The summed E-state index contributed by atoms with van der Waals surface area (Å²) in [7, 11) is 0. The van der Waals surface area contributed by atoms with Crippen LogP contribution in [0.2, 0.25) is 0 Å². The molecule has 45 heavy (non-hydrogen) atoms. The Balaban J connectivity index is 2.05. The van der Waals surface area contributed by atoms with Crippen molar-refractivity contribution >= 4 is 29.8 Å². The summed E-state index contributed by atoms with van der Waals surface area (Å²) in [5.41, 5.74) is 7.17. The minimum atomic E-state index is -1.03. The molecule has 0 fully saturated rings. The molecule has 0 aromatic heterocycles. The van der Waals surface area contributed by atoms with Crippen molar-refractivity contribution in [2.24, 2.45) is 11.7 Å². The third-order valence-electron chi connectivity index (χ3n) is 6.72. The van der Waals surface area contributed by atoms with Crippen LogP contribution in [0.15, 0.2) is 60.7 Å². The summed E-state index contributed by atoms with van der Waals surface area (Å²) in [6.45, 7) is 5.71. The number of carbonyl (C=O) groups excluding carboxylic acids is 5. The van der Waals surface area contributed by atoms with Crippen LogP contribution in [0.4, 0.5) is 4.79 Å². The standard InChI is InChI=1S/C33H47N5O7/c1-4-44-32(42)28(19-23(2)3)37-31(41)27(20-24-13-7-5-8-14-24)36-29(39)21-35-30(40)26(17-11-12-18-34)38-33(43)45-22-25-15-9-6-10-16-25/h5-10,13-16,23,26-28H,4,11-12,17-22,34H2,1-3H3,(H,35,40)(H,36,39)(H,37,41)(H,38,43)/t26-,27-,28-/m0/s1. The maximum Gasteiger partial charge on any atom is 0.408 e. The molecule has 246 valence electrons. The zero-order chi connectivity index (χ0) is 33.0. The van der Waals surface area contributed by atoms with E-state index in [9.17, 15) is 24.0 Å². The van der Waals surface area contributed by atoms with E-state index in [1.807, 2.05) is 74.5 Å². The van der Waals surface area contributed by atoms with E-state index in [2.05, 4.69) is 21.3 Å². The summed E-state index contributed by atoms with van der Waals surface area (Å²) >= 11 is 0. The predicted octanol–water partition coefficient (Wildman–Crippen LogP) is 2.35. The highest BCUT2D eigenvalue weighted by atomic mass is 16.5. The number of hydrogen-bond acceptors (Lipinski definition) is 8. The summed E-state index contributed by atoms with van der Waals surface area (Å²) in [5.74, 6) is -2.21. The molecule has 0 aliphatic rings. The first-order chi connectivity index (χ1) is 21.6. The number of unbranched alkanes of at least 4 members (excludes halogenated alkanes) is 1. The number of benzene rings is 2. The molecule has 6 N–H and O–H groups in total. The number of amides is 4. The Morgan fingerprint density at radius 1 is 0.756 bits per heavy atom. The van der Waals surface area contributed by atoms with Gasteiger partial charge in [0.2, 0.25) is 17.7 Å². The van der Waals surface area contributed by atoms with Crippen molar-refractivity contribution in [3.63, 3.8) is 0 Å². The van der Waals surface area contributed by atoms with E-state index in [1.54, 1.807) is 6.92 Å². The number of carbonyl (C=O) groups is 5. The van der Waals surface area contributed by atoms with E-state index in [0.29, 0.717) is 25.8 Å². The van der Waals surface area contributed by atoms with Crippen molar-refractivity contribution in [3.8, 4) is 0 Å².